The van der Waals surface area contributed by atoms with Crippen LogP contribution >= 0.6 is 0 Å². The molecule has 0 unspecified atom stereocenters. The van der Waals surface area contributed by atoms with Gasteiger partial charge in [0.15, 0.2) is 0 Å². The van der Waals surface area contributed by atoms with Crippen molar-refractivity contribution in [3.05, 3.63) is 29.6 Å². The first-order valence-electron chi connectivity index (χ1n) is 5.92. The van der Waals surface area contributed by atoms with Crippen LogP contribution < -0.4 is 11.1 Å². The van der Waals surface area contributed by atoms with Gasteiger partial charge in [-0.05, 0) is 20.8 Å². The maximum atomic E-state index is 5.47. The maximum absolute atomic E-state index is 5.47. The van der Waals surface area contributed by atoms with Crippen LogP contribution in [0.4, 0.5) is 5.82 Å². The first-order chi connectivity index (χ1) is 8.61. The number of rotatable bonds is 4. The third-order valence-electron chi connectivity index (χ3n) is 2.77. The lowest BCUT2D eigenvalue weighted by Crippen LogP contribution is -2.15. The molecule has 0 aliphatic heterocycles. The maximum Gasteiger partial charge on any atom is 0.143 e. The number of anilines is 1. The van der Waals surface area contributed by atoms with E-state index >= 15 is 0 Å². The van der Waals surface area contributed by atoms with Crippen LogP contribution in [0.1, 0.15) is 17.2 Å². The van der Waals surface area contributed by atoms with Crippen molar-refractivity contribution in [3.63, 3.8) is 0 Å². The summed E-state index contributed by atoms with van der Waals surface area (Å²) in [6.07, 6.45) is 1.78. The zero-order chi connectivity index (χ0) is 13.1. The Hall–Kier alpha value is -1.95. The zero-order valence-electron chi connectivity index (χ0n) is 10.9. The third kappa shape index (κ3) is 2.48. The number of nitrogens with two attached hydrogens (primary N) is 1. The van der Waals surface area contributed by atoms with Gasteiger partial charge in [0.05, 0.1) is 5.69 Å². The van der Waals surface area contributed by atoms with Crippen molar-refractivity contribution >= 4 is 5.82 Å². The molecule has 2 heterocycles. The lowest BCUT2D eigenvalue weighted by Gasteiger charge is -2.09. The molecule has 0 aromatic carbocycles. The standard InChI is InChI=1S/C12H18N6/c1-8-9(2)18(7-15-8)12-6-11(14-5-4-13)16-10(3)17-12/h6-7H,4-5,13H2,1-3H3,(H,14,16,17). The van der Waals surface area contributed by atoms with Crippen molar-refractivity contribution in [2.75, 3.05) is 18.4 Å². The minimum absolute atomic E-state index is 0.571. The van der Waals surface area contributed by atoms with Crippen LogP contribution in [0.2, 0.25) is 0 Å². The Bertz CT molecular complexity index is 545. The molecule has 0 radical (unpaired) electrons. The van der Waals surface area contributed by atoms with Crippen molar-refractivity contribution in [1.82, 2.24) is 19.5 Å². The minimum atomic E-state index is 0.571. The molecule has 0 fully saturated rings. The molecule has 18 heavy (non-hydrogen) atoms. The first kappa shape index (κ1) is 12.5. The third-order valence-corrected chi connectivity index (χ3v) is 2.77. The van der Waals surface area contributed by atoms with Crippen LogP contribution in [0.5, 0.6) is 0 Å². The molecule has 0 bridgehead atoms. The highest BCUT2D eigenvalue weighted by Gasteiger charge is 2.08. The molecule has 0 amide bonds. The molecule has 0 saturated heterocycles. The van der Waals surface area contributed by atoms with E-state index in [4.69, 9.17) is 5.73 Å². The molecule has 2 rings (SSSR count). The molecule has 3 N–H and O–H groups in total. The predicted octanol–water partition coefficient (Wildman–Crippen LogP) is 0.958. The summed E-state index contributed by atoms with van der Waals surface area (Å²) < 4.78 is 1.96. The number of aryl methyl sites for hydroxylation is 2. The Balaban J connectivity index is 2.38. The molecule has 0 aliphatic rings. The summed E-state index contributed by atoms with van der Waals surface area (Å²) in [5.41, 5.74) is 7.55. The lowest BCUT2D eigenvalue weighted by atomic mass is 10.3. The van der Waals surface area contributed by atoms with Gasteiger partial charge in [-0.25, -0.2) is 15.0 Å². The van der Waals surface area contributed by atoms with E-state index in [1.165, 1.54) is 0 Å². The van der Waals surface area contributed by atoms with Crippen LogP contribution in [0.25, 0.3) is 5.82 Å². The highest BCUT2D eigenvalue weighted by molar-refractivity contribution is 5.42. The number of nitrogens with one attached hydrogen (secondary N) is 1. The second-order valence-electron chi connectivity index (χ2n) is 4.16. The SMILES string of the molecule is Cc1nc(NCCN)cc(-n2cnc(C)c2C)n1. The van der Waals surface area contributed by atoms with Crippen molar-refractivity contribution < 1.29 is 0 Å². The Morgan fingerprint density at radius 1 is 1.28 bits per heavy atom. The summed E-state index contributed by atoms with van der Waals surface area (Å²) >= 11 is 0. The smallest absolute Gasteiger partial charge is 0.143 e. The van der Waals surface area contributed by atoms with E-state index in [0.29, 0.717) is 13.1 Å². The zero-order valence-corrected chi connectivity index (χ0v) is 10.9. The molecule has 96 valence electrons. The lowest BCUT2D eigenvalue weighted by molar-refractivity contribution is 0.904. The van der Waals surface area contributed by atoms with E-state index in [1.54, 1.807) is 6.33 Å². The second-order valence-corrected chi connectivity index (χ2v) is 4.16. The van der Waals surface area contributed by atoms with E-state index < -0.39 is 0 Å². The summed E-state index contributed by atoms with van der Waals surface area (Å²) in [5.74, 6) is 2.33. The van der Waals surface area contributed by atoms with Gasteiger partial charge in [0, 0.05) is 24.8 Å². The van der Waals surface area contributed by atoms with Gasteiger partial charge in [-0.2, -0.15) is 0 Å². The summed E-state index contributed by atoms with van der Waals surface area (Å²) in [7, 11) is 0. The fourth-order valence-electron chi connectivity index (χ4n) is 1.70. The summed E-state index contributed by atoms with van der Waals surface area (Å²) in [6, 6.07) is 1.90. The van der Waals surface area contributed by atoms with Crippen LogP contribution in [0.3, 0.4) is 0 Å². The van der Waals surface area contributed by atoms with Crippen molar-refractivity contribution in [2.24, 2.45) is 5.73 Å². The number of aromatic nitrogens is 4. The largest absolute Gasteiger partial charge is 0.369 e. The Morgan fingerprint density at radius 3 is 2.67 bits per heavy atom. The summed E-state index contributed by atoms with van der Waals surface area (Å²) in [4.78, 5) is 13.0. The number of hydrogen-bond donors (Lipinski definition) is 2. The van der Waals surface area contributed by atoms with E-state index in [-0.39, 0.29) is 0 Å². The van der Waals surface area contributed by atoms with E-state index in [9.17, 15) is 0 Å². The van der Waals surface area contributed by atoms with Crippen molar-refractivity contribution in [1.29, 1.82) is 0 Å². The molecule has 6 nitrogen and oxygen atoms in total. The average molecular weight is 246 g/mol. The molecular weight excluding hydrogens is 228 g/mol. The Morgan fingerprint density at radius 2 is 2.06 bits per heavy atom. The van der Waals surface area contributed by atoms with Gasteiger partial charge in [-0.3, -0.25) is 4.57 Å². The van der Waals surface area contributed by atoms with Gasteiger partial charge in [0.25, 0.3) is 0 Å². The number of nitrogens with zero attached hydrogens (tertiary/aromatic N) is 4. The number of imidazole rings is 1. The van der Waals surface area contributed by atoms with Gasteiger partial charge < -0.3 is 11.1 Å². The van der Waals surface area contributed by atoms with Gasteiger partial charge in [-0.15, -0.1) is 0 Å². The molecule has 6 heteroatoms. The Kier molecular flexibility index (Phi) is 3.57. The molecule has 0 aliphatic carbocycles. The summed E-state index contributed by atoms with van der Waals surface area (Å²) in [5, 5.41) is 3.16. The van der Waals surface area contributed by atoms with Crippen molar-refractivity contribution in [3.8, 4) is 5.82 Å². The fourth-order valence-corrected chi connectivity index (χ4v) is 1.70. The van der Waals surface area contributed by atoms with E-state index in [1.807, 2.05) is 31.4 Å². The second kappa shape index (κ2) is 5.14. The molecule has 2 aromatic rings. The predicted molar refractivity (Wildman–Crippen MR) is 70.9 cm³/mol. The van der Waals surface area contributed by atoms with Gasteiger partial charge >= 0.3 is 0 Å². The normalized spacial score (nSPS) is 10.7. The summed E-state index contributed by atoms with van der Waals surface area (Å²) in [6.45, 7) is 7.13. The van der Waals surface area contributed by atoms with Crippen molar-refractivity contribution in [2.45, 2.75) is 20.8 Å². The first-order valence-corrected chi connectivity index (χ1v) is 5.92. The van der Waals surface area contributed by atoms with Crippen LogP contribution in [0, 0.1) is 20.8 Å². The monoisotopic (exact) mass is 246 g/mol. The average Bonchev–Trinajstić information content (AvgIpc) is 2.67. The number of hydrogen-bond acceptors (Lipinski definition) is 5. The van der Waals surface area contributed by atoms with E-state index in [0.717, 1.165) is 28.8 Å². The van der Waals surface area contributed by atoms with Gasteiger partial charge in [-0.1, -0.05) is 0 Å². The molecule has 0 spiro atoms. The van der Waals surface area contributed by atoms with E-state index in [2.05, 4.69) is 20.3 Å². The highest BCUT2D eigenvalue weighted by Crippen LogP contribution is 2.14. The van der Waals surface area contributed by atoms with Gasteiger partial charge in [0.2, 0.25) is 0 Å². The highest BCUT2D eigenvalue weighted by atomic mass is 15.1. The molecular formula is C12H18N6. The molecule has 2 aromatic heterocycles. The molecule has 0 atom stereocenters. The van der Waals surface area contributed by atoms with Crippen LogP contribution in [0.15, 0.2) is 12.4 Å². The fraction of sp³-hybridized carbons (Fsp3) is 0.417. The Labute approximate surface area is 106 Å². The quantitative estimate of drug-likeness (QED) is 0.839. The van der Waals surface area contributed by atoms with Crippen LogP contribution in [-0.4, -0.2) is 32.6 Å². The van der Waals surface area contributed by atoms with Gasteiger partial charge in [0.1, 0.15) is 23.8 Å². The van der Waals surface area contributed by atoms with Crippen LogP contribution in [-0.2, 0) is 0 Å². The topological polar surface area (TPSA) is 81.6 Å². The molecule has 0 saturated carbocycles. The minimum Gasteiger partial charge on any atom is -0.369 e.